The maximum atomic E-state index is 6.45. The Kier molecular flexibility index (Phi) is 6.21. The minimum atomic E-state index is 0.205. The molecule has 2 heterocycles. The highest BCUT2D eigenvalue weighted by Gasteiger charge is 2.20. The molecule has 1 N–H and O–H groups in total. The molecule has 116 valence electrons. The van der Waals surface area contributed by atoms with E-state index in [9.17, 15) is 0 Å². The number of halogens is 1. The highest BCUT2D eigenvalue weighted by atomic mass is 35.5. The van der Waals surface area contributed by atoms with E-state index in [0.29, 0.717) is 0 Å². The molecule has 0 radical (unpaired) electrons. The number of hydrogen-bond acceptors (Lipinski definition) is 4. The fourth-order valence-corrected chi connectivity index (χ4v) is 3.69. The van der Waals surface area contributed by atoms with Crippen LogP contribution in [0.1, 0.15) is 49.0 Å². The van der Waals surface area contributed by atoms with Gasteiger partial charge in [-0.05, 0) is 37.3 Å². The number of thiophene rings is 1. The average Bonchev–Trinajstić information content (AvgIpc) is 3.04. The second-order valence-electron chi connectivity index (χ2n) is 5.21. The molecule has 0 saturated carbocycles. The van der Waals surface area contributed by atoms with E-state index in [0.717, 1.165) is 48.8 Å². The number of aromatic nitrogens is 3. The molecule has 21 heavy (non-hydrogen) atoms. The Labute approximate surface area is 135 Å². The maximum Gasteiger partial charge on any atom is 0.138 e. The summed E-state index contributed by atoms with van der Waals surface area (Å²) >= 11 is 8.18. The molecule has 0 bridgehead atoms. The van der Waals surface area contributed by atoms with E-state index in [-0.39, 0.29) is 6.04 Å². The molecule has 1 atom stereocenters. The minimum absolute atomic E-state index is 0.205. The van der Waals surface area contributed by atoms with Gasteiger partial charge in [-0.2, -0.15) is 5.10 Å². The summed E-state index contributed by atoms with van der Waals surface area (Å²) in [5, 5.41) is 10.9. The van der Waals surface area contributed by atoms with Crippen LogP contribution in [0.4, 0.5) is 0 Å². The van der Waals surface area contributed by atoms with Crippen molar-refractivity contribution in [1.29, 1.82) is 0 Å². The minimum Gasteiger partial charge on any atom is -0.309 e. The van der Waals surface area contributed by atoms with E-state index >= 15 is 0 Å². The summed E-state index contributed by atoms with van der Waals surface area (Å²) in [6.45, 7) is 8.26. The van der Waals surface area contributed by atoms with E-state index in [4.69, 9.17) is 11.6 Å². The van der Waals surface area contributed by atoms with Crippen LogP contribution in [0.5, 0.6) is 0 Å². The zero-order valence-corrected chi connectivity index (χ0v) is 14.5. The molecule has 0 amide bonds. The summed E-state index contributed by atoms with van der Waals surface area (Å²) in [6.07, 6.45) is 4.62. The lowest BCUT2D eigenvalue weighted by atomic mass is 10.1. The third kappa shape index (κ3) is 4.05. The Morgan fingerprint density at radius 1 is 1.38 bits per heavy atom. The third-order valence-corrected chi connectivity index (χ3v) is 5.23. The second-order valence-corrected chi connectivity index (χ2v) is 6.50. The average molecular weight is 327 g/mol. The largest absolute Gasteiger partial charge is 0.309 e. The van der Waals surface area contributed by atoms with Crippen LogP contribution in [-0.4, -0.2) is 21.3 Å². The Bertz CT molecular complexity index is 564. The van der Waals surface area contributed by atoms with Crippen molar-refractivity contribution < 1.29 is 0 Å². The highest BCUT2D eigenvalue weighted by Crippen LogP contribution is 2.33. The molecule has 0 aliphatic rings. The van der Waals surface area contributed by atoms with Crippen LogP contribution in [0.15, 0.2) is 11.7 Å². The molecule has 0 saturated heterocycles. The summed E-state index contributed by atoms with van der Waals surface area (Å²) in [5.41, 5.74) is 1.15. The van der Waals surface area contributed by atoms with Crippen molar-refractivity contribution >= 4 is 22.9 Å². The van der Waals surface area contributed by atoms with E-state index in [1.807, 2.05) is 4.68 Å². The number of aryl methyl sites for hydroxylation is 2. The maximum absolute atomic E-state index is 6.45. The van der Waals surface area contributed by atoms with Crippen LogP contribution >= 0.6 is 22.9 Å². The van der Waals surface area contributed by atoms with Gasteiger partial charge in [0.25, 0.3) is 0 Å². The molecule has 0 aromatic carbocycles. The summed E-state index contributed by atoms with van der Waals surface area (Å²) in [7, 11) is 0. The van der Waals surface area contributed by atoms with Crippen LogP contribution in [-0.2, 0) is 13.0 Å². The standard InChI is InChI=1S/C15H23ClN4S/c1-4-6-17-12(15-14(16)11(3)9-21-15)8-13-18-10-19-20(13)7-5-2/h9-10,12,17H,4-8H2,1-3H3. The number of nitrogens with one attached hydrogen (secondary N) is 1. The van der Waals surface area contributed by atoms with Gasteiger partial charge in [-0.25, -0.2) is 4.98 Å². The molecule has 0 spiro atoms. The van der Waals surface area contributed by atoms with Gasteiger partial charge in [0.05, 0.1) is 11.1 Å². The molecule has 2 rings (SSSR count). The molecular weight excluding hydrogens is 304 g/mol. The Morgan fingerprint density at radius 3 is 2.81 bits per heavy atom. The lowest BCUT2D eigenvalue weighted by Crippen LogP contribution is -2.25. The topological polar surface area (TPSA) is 42.7 Å². The van der Waals surface area contributed by atoms with Crippen molar-refractivity contribution in [2.45, 2.75) is 52.6 Å². The summed E-state index contributed by atoms with van der Waals surface area (Å²) in [5.74, 6) is 1.02. The number of hydrogen-bond donors (Lipinski definition) is 1. The van der Waals surface area contributed by atoms with Crippen molar-refractivity contribution in [2.75, 3.05) is 6.54 Å². The van der Waals surface area contributed by atoms with Gasteiger partial charge < -0.3 is 5.32 Å². The lowest BCUT2D eigenvalue weighted by Gasteiger charge is -2.18. The van der Waals surface area contributed by atoms with Crippen LogP contribution in [0.2, 0.25) is 5.02 Å². The molecule has 4 nitrogen and oxygen atoms in total. The van der Waals surface area contributed by atoms with Gasteiger partial charge in [-0.15, -0.1) is 11.3 Å². The lowest BCUT2D eigenvalue weighted by molar-refractivity contribution is 0.493. The van der Waals surface area contributed by atoms with Gasteiger partial charge in [-0.3, -0.25) is 4.68 Å². The zero-order valence-electron chi connectivity index (χ0n) is 12.9. The van der Waals surface area contributed by atoms with Crippen molar-refractivity contribution in [1.82, 2.24) is 20.1 Å². The third-order valence-electron chi connectivity index (χ3n) is 3.40. The first-order valence-electron chi connectivity index (χ1n) is 7.50. The van der Waals surface area contributed by atoms with Crippen LogP contribution < -0.4 is 5.32 Å². The van der Waals surface area contributed by atoms with Gasteiger partial charge in [0.2, 0.25) is 0 Å². The van der Waals surface area contributed by atoms with E-state index in [1.54, 1.807) is 17.7 Å². The van der Waals surface area contributed by atoms with Crippen molar-refractivity contribution in [3.63, 3.8) is 0 Å². The molecule has 6 heteroatoms. The normalized spacial score (nSPS) is 12.8. The predicted molar refractivity (Wildman–Crippen MR) is 89.1 cm³/mol. The van der Waals surface area contributed by atoms with E-state index in [1.165, 1.54) is 4.88 Å². The van der Waals surface area contributed by atoms with Gasteiger partial charge in [-0.1, -0.05) is 25.4 Å². The van der Waals surface area contributed by atoms with Crippen LogP contribution in [0.3, 0.4) is 0 Å². The second kappa shape index (κ2) is 7.92. The van der Waals surface area contributed by atoms with Crippen LogP contribution in [0, 0.1) is 6.92 Å². The Morgan fingerprint density at radius 2 is 2.19 bits per heavy atom. The Balaban J connectivity index is 2.20. The van der Waals surface area contributed by atoms with Gasteiger partial charge >= 0.3 is 0 Å². The van der Waals surface area contributed by atoms with Crippen molar-refractivity contribution in [3.8, 4) is 0 Å². The van der Waals surface area contributed by atoms with Gasteiger partial charge in [0.1, 0.15) is 12.2 Å². The highest BCUT2D eigenvalue weighted by molar-refractivity contribution is 7.10. The van der Waals surface area contributed by atoms with Gasteiger partial charge in [0, 0.05) is 17.8 Å². The van der Waals surface area contributed by atoms with Crippen molar-refractivity contribution in [2.24, 2.45) is 0 Å². The monoisotopic (exact) mass is 326 g/mol. The zero-order chi connectivity index (χ0) is 15.2. The molecule has 0 fully saturated rings. The first-order chi connectivity index (χ1) is 10.2. The Hall–Kier alpha value is -0.910. The molecule has 1 unspecified atom stereocenters. The number of nitrogens with zero attached hydrogens (tertiary/aromatic N) is 3. The van der Waals surface area contributed by atoms with E-state index < -0.39 is 0 Å². The molecule has 0 aliphatic carbocycles. The smallest absolute Gasteiger partial charge is 0.138 e. The first-order valence-corrected chi connectivity index (χ1v) is 8.76. The fourth-order valence-electron chi connectivity index (χ4n) is 2.29. The molecular formula is C15H23ClN4S. The number of rotatable bonds is 8. The van der Waals surface area contributed by atoms with Crippen molar-refractivity contribution in [3.05, 3.63) is 33.0 Å². The van der Waals surface area contributed by atoms with Gasteiger partial charge in [0.15, 0.2) is 0 Å². The SMILES string of the molecule is CCCNC(Cc1ncnn1CCC)c1scc(C)c1Cl. The summed E-state index contributed by atoms with van der Waals surface area (Å²) < 4.78 is 2.00. The molecule has 0 aliphatic heterocycles. The quantitative estimate of drug-likeness (QED) is 0.797. The van der Waals surface area contributed by atoms with Crippen LogP contribution in [0.25, 0.3) is 0 Å². The molecule has 2 aromatic heterocycles. The van der Waals surface area contributed by atoms with E-state index in [2.05, 4.69) is 41.6 Å². The first kappa shape index (κ1) is 16.5. The fraction of sp³-hybridized carbons (Fsp3) is 0.600. The summed E-state index contributed by atoms with van der Waals surface area (Å²) in [6, 6.07) is 0.205. The summed E-state index contributed by atoms with van der Waals surface area (Å²) in [4.78, 5) is 5.62. The predicted octanol–water partition coefficient (Wildman–Crippen LogP) is 3.99. The molecule has 2 aromatic rings.